The summed E-state index contributed by atoms with van der Waals surface area (Å²) in [5, 5.41) is 10.8. The summed E-state index contributed by atoms with van der Waals surface area (Å²) in [4.78, 5) is 12.1. The van der Waals surface area contributed by atoms with Gasteiger partial charge in [-0.15, -0.1) is 0 Å². The van der Waals surface area contributed by atoms with Crippen LogP contribution in [-0.4, -0.2) is 23.6 Å². The second-order valence-electron chi connectivity index (χ2n) is 4.92. The fourth-order valence-electron chi connectivity index (χ4n) is 2.73. The number of ketones is 1. The van der Waals surface area contributed by atoms with Crippen molar-refractivity contribution in [2.24, 2.45) is 0 Å². The molecular weight excluding hydrogens is 240 g/mol. The number of carbonyl (C=O) groups is 1. The molecule has 0 radical (unpaired) electrons. The molecule has 0 amide bonds. The number of ether oxygens (including phenoxy) is 1. The van der Waals surface area contributed by atoms with Gasteiger partial charge in [0, 0.05) is 6.42 Å². The molecule has 1 unspecified atom stereocenters. The minimum atomic E-state index is -1.33. The molecule has 0 heterocycles. The number of carbonyl (C=O) groups excluding carboxylic acids is 1. The number of methoxy groups -OCH3 is 1. The van der Waals surface area contributed by atoms with Crippen LogP contribution in [0, 0.1) is 0 Å². The van der Waals surface area contributed by atoms with Gasteiger partial charge in [0.15, 0.2) is 5.78 Å². The Morgan fingerprint density at radius 1 is 1.42 bits per heavy atom. The summed E-state index contributed by atoms with van der Waals surface area (Å²) in [6.07, 6.45) is 4.54. The smallest absolute Gasteiger partial charge is 0.168 e. The lowest BCUT2D eigenvalue weighted by Gasteiger charge is -2.33. The molecule has 19 heavy (non-hydrogen) atoms. The van der Waals surface area contributed by atoms with E-state index in [-0.39, 0.29) is 5.78 Å². The largest absolute Gasteiger partial charge is 0.497 e. The van der Waals surface area contributed by atoms with E-state index in [1.165, 1.54) is 0 Å². The fourth-order valence-corrected chi connectivity index (χ4v) is 2.73. The number of hydrogen-bond donors (Lipinski definition) is 1. The Morgan fingerprint density at radius 2 is 2.21 bits per heavy atom. The van der Waals surface area contributed by atoms with Gasteiger partial charge < -0.3 is 9.84 Å². The summed E-state index contributed by atoms with van der Waals surface area (Å²) in [5.74, 6) is 0.651. The number of allylic oxidation sites excluding steroid dienone is 1. The van der Waals surface area contributed by atoms with Crippen molar-refractivity contribution >= 4 is 11.4 Å². The first-order chi connectivity index (χ1) is 9.11. The summed E-state index contributed by atoms with van der Waals surface area (Å²) in [5.41, 5.74) is 0.204. The van der Waals surface area contributed by atoms with Gasteiger partial charge in [-0.25, -0.2) is 0 Å². The lowest BCUT2D eigenvalue weighted by atomic mass is 9.75. The van der Waals surface area contributed by atoms with Crippen LogP contribution in [0.4, 0.5) is 0 Å². The molecule has 1 saturated carbocycles. The lowest BCUT2D eigenvalue weighted by Crippen LogP contribution is -2.42. The zero-order valence-electron chi connectivity index (χ0n) is 11.5. The van der Waals surface area contributed by atoms with Crippen LogP contribution >= 0.6 is 0 Å². The Hall–Kier alpha value is -1.61. The molecule has 1 atom stereocenters. The molecule has 1 N–H and O–H groups in total. The summed E-state index contributed by atoms with van der Waals surface area (Å²) in [7, 11) is 1.61. The third-order valence-corrected chi connectivity index (χ3v) is 3.77. The first kappa shape index (κ1) is 13.8. The number of benzene rings is 1. The highest BCUT2D eigenvalue weighted by Crippen LogP contribution is 2.37. The zero-order valence-corrected chi connectivity index (χ0v) is 11.5. The molecule has 1 aliphatic carbocycles. The number of aliphatic hydroxyl groups is 1. The summed E-state index contributed by atoms with van der Waals surface area (Å²) in [6, 6.07) is 7.48. The summed E-state index contributed by atoms with van der Waals surface area (Å²) in [6.45, 7) is 1.86. The van der Waals surface area contributed by atoms with E-state index in [1.54, 1.807) is 7.11 Å². The topological polar surface area (TPSA) is 46.5 Å². The van der Waals surface area contributed by atoms with E-state index in [4.69, 9.17) is 4.74 Å². The van der Waals surface area contributed by atoms with Gasteiger partial charge >= 0.3 is 0 Å². The Bertz CT molecular complexity index is 504. The highest BCUT2D eigenvalue weighted by molar-refractivity contribution is 6.01. The van der Waals surface area contributed by atoms with Crippen LogP contribution in [0.25, 0.3) is 5.57 Å². The van der Waals surface area contributed by atoms with Crippen LogP contribution in [0.3, 0.4) is 0 Å². The van der Waals surface area contributed by atoms with Crippen molar-refractivity contribution in [1.82, 2.24) is 0 Å². The third kappa shape index (κ3) is 2.56. The Kier molecular flexibility index (Phi) is 4.05. The van der Waals surface area contributed by atoms with Crippen LogP contribution < -0.4 is 4.74 Å². The highest BCUT2D eigenvalue weighted by atomic mass is 16.5. The molecule has 3 nitrogen and oxygen atoms in total. The van der Waals surface area contributed by atoms with Gasteiger partial charge in [-0.1, -0.05) is 18.2 Å². The van der Waals surface area contributed by atoms with Crippen molar-refractivity contribution in [3.8, 4) is 5.75 Å². The quantitative estimate of drug-likeness (QED) is 0.908. The predicted molar refractivity (Wildman–Crippen MR) is 75.1 cm³/mol. The average molecular weight is 260 g/mol. The maximum absolute atomic E-state index is 12.1. The minimum absolute atomic E-state index is 0.0744. The Labute approximate surface area is 113 Å². The number of rotatable bonds is 3. The van der Waals surface area contributed by atoms with E-state index in [1.807, 2.05) is 37.3 Å². The summed E-state index contributed by atoms with van der Waals surface area (Å²) < 4.78 is 5.20. The van der Waals surface area contributed by atoms with Gasteiger partial charge in [0.1, 0.15) is 11.4 Å². The van der Waals surface area contributed by atoms with Crippen LogP contribution in [-0.2, 0) is 4.79 Å². The van der Waals surface area contributed by atoms with Gasteiger partial charge in [0.25, 0.3) is 0 Å². The van der Waals surface area contributed by atoms with Crippen LogP contribution in [0.2, 0.25) is 0 Å². The second-order valence-corrected chi connectivity index (χ2v) is 4.92. The SMILES string of the molecule is C/C=C(/c1cccc(OC)c1)C1(O)CCCCC1=O. The molecule has 3 heteroatoms. The van der Waals surface area contributed by atoms with E-state index >= 15 is 0 Å². The third-order valence-electron chi connectivity index (χ3n) is 3.77. The van der Waals surface area contributed by atoms with Gasteiger partial charge in [0.2, 0.25) is 0 Å². The minimum Gasteiger partial charge on any atom is -0.497 e. The van der Waals surface area contributed by atoms with E-state index in [2.05, 4.69) is 0 Å². The maximum atomic E-state index is 12.1. The van der Waals surface area contributed by atoms with Gasteiger partial charge in [-0.05, 0) is 49.5 Å². The van der Waals surface area contributed by atoms with Crippen molar-refractivity contribution in [3.63, 3.8) is 0 Å². The molecule has 0 saturated heterocycles. The van der Waals surface area contributed by atoms with Crippen molar-refractivity contribution in [2.75, 3.05) is 7.11 Å². The molecule has 1 aromatic carbocycles. The van der Waals surface area contributed by atoms with E-state index < -0.39 is 5.60 Å². The second kappa shape index (κ2) is 5.57. The molecule has 0 bridgehead atoms. The molecule has 1 aliphatic rings. The number of Topliss-reactive ketones (excluding diaryl/α,β-unsaturated/α-hetero) is 1. The summed E-state index contributed by atoms with van der Waals surface area (Å²) >= 11 is 0. The van der Waals surface area contributed by atoms with Crippen molar-refractivity contribution < 1.29 is 14.6 Å². The molecule has 0 spiro atoms. The van der Waals surface area contributed by atoms with Crippen LogP contribution in [0.1, 0.15) is 38.2 Å². The van der Waals surface area contributed by atoms with Gasteiger partial charge in [0.05, 0.1) is 7.11 Å². The predicted octanol–water partition coefficient (Wildman–Crippen LogP) is 2.97. The Balaban J connectivity index is 2.41. The molecule has 1 aromatic rings. The molecule has 0 aromatic heterocycles. The molecule has 102 valence electrons. The van der Waals surface area contributed by atoms with Crippen molar-refractivity contribution in [1.29, 1.82) is 0 Å². The van der Waals surface area contributed by atoms with Crippen molar-refractivity contribution in [3.05, 3.63) is 35.9 Å². The van der Waals surface area contributed by atoms with Gasteiger partial charge in [-0.3, -0.25) is 4.79 Å². The standard InChI is InChI=1S/C16H20O3/c1-3-14(12-7-6-8-13(11-12)19-2)16(18)10-5-4-9-15(16)17/h3,6-8,11,18H,4-5,9-10H2,1-2H3/b14-3-. The molecular formula is C16H20O3. The number of hydrogen-bond acceptors (Lipinski definition) is 3. The molecule has 0 aliphatic heterocycles. The van der Waals surface area contributed by atoms with Crippen LogP contribution in [0.5, 0.6) is 5.75 Å². The maximum Gasteiger partial charge on any atom is 0.168 e. The molecule has 1 fully saturated rings. The monoisotopic (exact) mass is 260 g/mol. The highest BCUT2D eigenvalue weighted by Gasteiger charge is 2.41. The lowest BCUT2D eigenvalue weighted by molar-refractivity contribution is -0.134. The van der Waals surface area contributed by atoms with Crippen molar-refractivity contribution in [2.45, 2.75) is 38.2 Å². The zero-order chi connectivity index (χ0) is 13.9. The Morgan fingerprint density at radius 3 is 2.84 bits per heavy atom. The van der Waals surface area contributed by atoms with E-state index in [0.717, 1.165) is 24.2 Å². The first-order valence-corrected chi connectivity index (χ1v) is 6.68. The average Bonchev–Trinajstić information content (AvgIpc) is 2.43. The van der Waals surface area contributed by atoms with Crippen LogP contribution in [0.15, 0.2) is 30.3 Å². The molecule has 2 rings (SSSR count). The van der Waals surface area contributed by atoms with E-state index in [0.29, 0.717) is 18.4 Å². The van der Waals surface area contributed by atoms with E-state index in [9.17, 15) is 9.90 Å². The first-order valence-electron chi connectivity index (χ1n) is 6.68. The normalized spacial score (nSPS) is 24.4. The fraction of sp³-hybridized carbons (Fsp3) is 0.438. The van der Waals surface area contributed by atoms with Gasteiger partial charge in [-0.2, -0.15) is 0 Å².